The zero-order chi connectivity index (χ0) is 17.8. The highest BCUT2D eigenvalue weighted by atomic mass is 19.1. The van der Waals surface area contributed by atoms with Crippen LogP contribution in [0.25, 0.3) is 10.9 Å². The van der Waals surface area contributed by atoms with Gasteiger partial charge in [0.1, 0.15) is 18.1 Å². The Kier molecular flexibility index (Phi) is 5.28. The molecule has 1 amide bonds. The van der Waals surface area contributed by atoms with Crippen LogP contribution in [0.1, 0.15) is 30.3 Å². The van der Waals surface area contributed by atoms with Crippen molar-refractivity contribution < 1.29 is 13.9 Å². The summed E-state index contributed by atoms with van der Waals surface area (Å²) in [4.78, 5) is 19.0. The van der Waals surface area contributed by atoms with Crippen LogP contribution in [-0.2, 0) is 0 Å². The molecule has 3 rings (SSSR count). The number of hydrogen-bond donors (Lipinski definition) is 1. The van der Waals surface area contributed by atoms with E-state index in [1.165, 1.54) is 0 Å². The summed E-state index contributed by atoms with van der Waals surface area (Å²) in [5.41, 5.74) is 6.98. The van der Waals surface area contributed by atoms with Crippen molar-refractivity contribution in [3.8, 4) is 5.75 Å². The molecule has 6 heteroatoms. The molecule has 0 bridgehead atoms. The molecule has 1 aromatic carbocycles. The molecule has 2 aromatic rings. The molecule has 2 N–H and O–H groups in total. The standard InChI is InChI=1S/C19H22FN3O2/c1-13-3-2-8-23(13)19(24)18-6-4-15-9-16(5-7-17(15)22-18)25-12-14(10-20)11-21/h4-7,9-10,13H,2-3,8,11-12,21H2,1H3/b14-10+/t13-/m1/s1. The van der Waals surface area contributed by atoms with Gasteiger partial charge in [-0.05, 0) is 44.0 Å². The normalized spacial score (nSPS) is 18.0. The zero-order valence-electron chi connectivity index (χ0n) is 14.2. The fourth-order valence-corrected chi connectivity index (χ4v) is 3.01. The van der Waals surface area contributed by atoms with Gasteiger partial charge in [-0.3, -0.25) is 4.79 Å². The number of carbonyl (C=O) groups excluding carboxylic acids is 1. The van der Waals surface area contributed by atoms with Crippen molar-refractivity contribution in [3.63, 3.8) is 0 Å². The van der Waals surface area contributed by atoms with E-state index in [4.69, 9.17) is 10.5 Å². The summed E-state index contributed by atoms with van der Waals surface area (Å²) in [7, 11) is 0. The summed E-state index contributed by atoms with van der Waals surface area (Å²) in [5.74, 6) is 0.585. The lowest BCUT2D eigenvalue weighted by molar-refractivity contribution is 0.0742. The molecule has 0 saturated carbocycles. The second kappa shape index (κ2) is 7.61. The van der Waals surface area contributed by atoms with Crippen LogP contribution >= 0.6 is 0 Å². The molecule has 0 spiro atoms. The number of rotatable bonds is 5. The van der Waals surface area contributed by atoms with E-state index in [-0.39, 0.29) is 25.1 Å². The predicted octanol–water partition coefficient (Wildman–Crippen LogP) is 3.05. The number of ether oxygens (including phenoxy) is 1. The van der Waals surface area contributed by atoms with Crippen molar-refractivity contribution in [2.45, 2.75) is 25.8 Å². The van der Waals surface area contributed by atoms with Gasteiger partial charge in [0.05, 0.1) is 11.8 Å². The van der Waals surface area contributed by atoms with Crippen LogP contribution in [0.3, 0.4) is 0 Å². The van der Waals surface area contributed by atoms with E-state index in [1.54, 1.807) is 18.2 Å². The van der Waals surface area contributed by atoms with Gasteiger partial charge in [-0.25, -0.2) is 9.37 Å². The third-order valence-electron chi connectivity index (χ3n) is 4.53. The van der Waals surface area contributed by atoms with Crippen molar-refractivity contribution in [2.75, 3.05) is 19.7 Å². The number of carbonyl (C=O) groups is 1. The molecule has 1 aliphatic rings. The minimum atomic E-state index is -0.0205. The predicted molar refractivity (Wildman–Crippen MR) is 95.2 cm³/mol. The first-order valence-corrected chi connectivity index (χ1v) is 8.45. The minimum Gasteiger partial charge on any atom is -0.489 e. The summed E-state index contributed by atoms with van der Waals surface area (Å²) in [6, 6.07) is 9.25. The maximum atomic E-state index is 12.6. The number of halogens is 1. The minimum absolute atomic E-state index is 0.0205. The smallest absolute Gasteiger partial charge is 0.272 e. The Bertz CT molecular complexity index is 806. The average molecular weight is 343 g/mol. The molecule has 1 atom stereocenters. The van der Waals surface area contributed by atoms with Gasteiger partial charge in [-0.15, -0.1) is 0 Å². The van der Waals surface area contributed by atoms with E-state index in [2.05, 4.69) is 11.9 Å². The lowest BCUT2D eigenvalue weighted by Gasteiger charge is -2.21. The first kappa shape index (κ1) is 17.4. The second-order valence-corrected chi connectivity index (χ2v) is 6.30. The van der Waals surface area contributed by atoms with Crippen molar-refractivity contribution in [3.05, 3.63) is 47.9 Å². The highest BCUT2D eigenvalue weighted by Crippen LogP contribution is 2.23. The van der Waals surface area contributed by atoms with Crippen molar-refractivity contribution in [1.29, 1.82) is 0 Å². The number of nitrogens with two attached hydrogens (primary N) is 1. The number of hydrogen-bond acceptors (Lipinski definition) is 4. The molecular formula is C19H22FN3O2. The molecule has 1 fully saturated rings. The molecule has 25 heavy (non-hydrogen) atoms. The Morgan fingerprint density at radius 3 is 2.96 bits per heavy atom. The van der Waals surface area contributed by atoms with Gasteiger partial charge in [0.25, 0.3) is 5.91 Å². The molecule has 1 saturated heterocycles. The van der Waals surface area contributed by atoms with Crippen LogP contribution in [-0.4, -0.2) is 41.5 Å². The SMILES string of the molecule is C[C@@H]1CCCN1C(=O)c1ccc2cc(OC/C(=C/F)CN)ccc2n1. The number of likely N-dealkylation sites (tertiary alicyclic amines) is 1. The van der Waals surface area contributed by atoms with Crippen molar-refractivity contribution in [2.24, 2.45) is 5.73 Å². The monoisotopic (exact) mass is 343 g/mol. The van der Waals surface area contributed by atoms with Gasteiger partial charge < -0.3 is 15.4 Å². The fraction of sp³-hybridized carbons (Fsp3) is 0.368. The average Bonchev–Trinajstić information content (AvgIpc) is 3.07. The van der Waals surface area contributed by atoms with E-state index in [9.17, 15) is 9.18 Å². The molecule has 0 unspecified atom stereocenters. The van der Waals surface area contributed by atoms with Gasteiger partial charge in [-0.1, -0.05) is 6.07 Å². The molecule has 0 aliphatic carbocycles. The number of aromatic nitrogens is 1. The number of amides is 1. The van der Waals surface area contributed by atoms with Gasteiger partial charge in [-0.2, -0.15) is 0 Å². The van der Waals surface area contributed by atoms with E-state index in [1.807, 2.05) is 17.0 Å². The molecular weight excluding hydrogens is 321 g/mol. The van der Waals surface area contributed by atoms with Crippen LogP contribution in [0.4, 0.5) is 4.39 Å². The molecule has 1 aliphatic heterocycles. The summed E-state index contributed by atoms with van der Waals surface area (Å²) in [6.07, 6.45) is 2.55. The lowest BCUT2D eigenvalue weighted by atomic mass is 10.1. The van der Waals surface area contributed by atoms with Crippen LogP contribution in [0.2, 0.25) is 0 Å². The third kappa shape index (κ3) is 3.79. The largest absolute Gasteiger partial charge is 0.489 e. The Morgan fingerprint density at radius 1 is 1.44 bits per heavy atom. The van der Waals surface area contributed by atoms with Crippen LogP contribution < -0.4 is 10.5 Å². The quantitative estimate of drug-likeness (QED) is 0.906. The van der Waals surface area contributed by atoms with E-state index < -0.39 is 0 Å². The first-order valence-electron chi connectivity index (χ1n) is 8.45. The summed E-state index contributed by atoms with van der Waals surface area (Å²) in [6.45, 7) is 3.08. The highest BCUT2D eigenvalue weighted by molar-refractivity contribution is 5.95. The van der Waals surface area contributed by atoms with Crippen molar-refractivity contribution in [1.82, 2.24) is 9.88 Å². The van der Waals surface area contributed by atoms with Crippen LogP contribution in [0.5, 0.6) is 5.75 Å². The zero-order valence-corrected chi connectivity index (χ0v) is 14.2. The van der Waals surface area contributed by atoms with E-state index >= 15 is 0 Å². The van der Waals surface area contributed by atoms with Crippen LogP contribution in [0, 0.1) is 0 Å². The molecule has 1 aromatic heterocycles. The van der Waals surface area contributed by atoms with Gasteiger partial charge in [0, 0.05) is 30.1 Å². The van der Waals surface area contributed by atoms with Gasteiger partial charge >= 0.3 is 0 Å². The maximum absolute atomic E-state index is 12.6. The lowest BCUT2D eigenvalue weighted by Crippen LogP contribution is -2.34. The second-order valence-electron chi connectivity index (χ2n) is 6.30. The summed E-state index contributed by atoms with van der Waals surface area (Å²) < 4.78 is 18.1. The van der Waals surface area contributed by atoms with E-state index in [0.29, 0.717) is 23.3 Å². The number of nitrogens with zero attached hydrogens (tertiary/aromatic N) is 2. The number of benzene rings is 1. The fourth-order valence-electron chi connectivity index (χ4n) is 3.01. The van der Waals surface area contributed by atoms with Crippen LogP contribution in [0.15, 0.2) is 42.2 Å². The Balaban J connectivity index is 1.78. The molecule has 0 radical (unpaired) electrons. The molecule has 2 heterocycles. The number of fused-ring (bicyclic) bond motifs is 1. The Morgan fingerprint density at radius 2 is 2.28 bits per heavy atom. The van der Waals surface area contributed by atoms with E-state index in [0.717, 1.165) is 30.3 Å². The maximum Gasteiger partial charge on any atom is 0.272 e. The summed E-state index contributed by atoms with van der Waals surface area (Å²) >= 11 is 0. The third-order valence-corrected chi connectivity index (χ3v) is 4.53. The summed E-state index contributed by atoms with van der Waals surface area (Å²) in [5, 5.41) is 0.863. The molecule has 132 valence electrons. The number of pyridine rings is 1. The van der Waals surface area contributed by atoms with Gasteiger partial charge in [0.2, 0.25) is 0 Å². The Hall–Kier alpha value is -2.47. The molecule has 5 nitrogen and oxygen atoms in total. The van der Waals surface area contributed by atoms with Gasteiger partial charge in [0.15, 0.2) is 0 Å². The van der Waals surface area contributed by atoms with Crippen molar-refractivity contribution >= 4 is 16.8 Å². The first-order chi connectivity index (χ1) is 12.1. The Labute approximate surface area is 146 Å². The topological polar surface area (TPSA) is 68.5 Å². The highest BCUT2D eigenvalue weighted by Gasteiger charge is 2.26.